The average molecular weight is 225 g/mol. The monoisotopic (exact) mass is 225 g/mol. The van der Waals surface area contributed by atoms with Gasteiger partial charge < -0.3 is 11.1 Å². The first-order valence-corrected chi connectivity index (χ1v) is 5.45. The summed E-state index contributed by atoms with van der Waals surface area (Å²) in [5.41, 5.74) is 5.38. The Hall–Kier alpha value is -1.59. The summed E-state index contributed by atoms with van der Waals surface area (Å²) in [4.78, 5) is 15.5. The van der Waals surface area contributed by atoms with Crippen molar-refractivity contribution >= 4 is 11.9 Å². The van der Waals surface area contributed by atoms with Crippen LogP contribution in [-0.2, 0) is 4.79 Å². The van der Waals surface area contributed by atoms with E-state index in [1.807, 2.05) is 0 Å². The van der Waals surface area contributed by atoms with Gasteiger partial charge in [0.05, 0.1) is 0 Å². The molecule has 0 fully saturated rings. The molecule has 16 heavy (non-hydrogen) atoms. The zero-order valence-corrected chi connectivity index (χ0v) is 9.97. The average Bonchev–Trinajstić information content (AvgIpc) is 2.63. The van der Waals surface area contributed by atoms with Crippen molar-refractivity contribution in [2.75, 3.05) is 12.3 Å². The number of amides is 1. The van der Waals surface area contributed by atoms with Crippen LogP contribution in [0.4, 0.5) is 5.95 Å². The maximum absolute atomic E-state index is 11.7. The summed E-state index contributed by atoms with van der Waals surface area (Å²) >= 11 is 0. The lowest BCUT2D eigenvalue weighted by atomic mass is 10.1. The second kappa shape index (κ2) is 5.48. The molecule has 0 aliphatic carbocycles. The Bertz CT molecular complexity index is 347. The number of carbonyl (C=O) groups excluding carboxylic acids is 1. The van der Waals surface area contributed by atoms with Gasteiger partial charge in [0.1, 0.15) is 12.4 Å². The molecule has 1 heterocycles. The molecule has 0 radical (unpaired) electrons. The highest BCUT2D eigenvalue weighted by Crippen LogP contribution is 2.04. The molecule has 6 nitrogen and oxygen atoms in total. The minimum atomic E-state index is -0.378. The fourth-order valence-electron chi connectivity index (χ4n) is 1.23. The van der Waals surface area contributed by atoms with Crippen LogP contribution in [0.3, 0.4) is 0 Å². The van der Waals surface area contributed by atoms with E-state index >= 15 is 0 Å². The normalized spacial score (nSPS) is 12.8. The Labute approximate surface area is 95.2 Å². The summed E-state index contributed by atoms with van der Waals surface area (Å²) in [6.07, 6.45) is 2.43. The maximum Gasteiger partial charge on any atom is 0.244 e. The predicted octanol–water partition coefficient (Wildman–Crippen LogP) is 0.584. The van der Waals surface area contributed by atoms with Gasteiger partial charge in [-0.05, 0) is 19.3 Å². The SMILES string of the molecule is CC(C)CCNC(=O)C(C)n1cnc(N)n1. The van der Waals surface area contributed by atoms with E-state index in [1.54, 1.807) is 6.92 Å². The van der Waals surface area contributed by atoms with Crippen LogP contribution in [-0.4, -0.2) is 27.2 Å². The first-order valence-electron chi connectivity index (χ1n) is 5.45. The van der Waals surface area contributed by atoms with Crippen LogP contribution in [0.25, 0.3) is 0 Å². The summed E-state index contributed by atoms with van der Waals surface area (Å²) in [5, 5.41) is 6.75. The molecule has 0 aromatic carbocycles. The molecule has 0 saturated carbocycles. The van der Waals surface area contributed by atoms with Gasteiger partial charge in [-0.2, -0.15) is 0 Å². The van der Waals surface area contributed by atoms with Gasteiger partial charge in [0.15, 0.2) is 0 Å². The molecular formula is C10H19N5O. The highest BCUT2D eigenvalue weighted by molar-refractivity contribution is 5.79. The molecule has 1 aromatic rings. The summed E-state index contributed by atoms with van der Waals surface area (Å²) in [6.45, 7) is 6.69. The zero-order chi connectivity index (χ0) is 12.1. The van der Waals surface area contributed by atoms with E-state index in [0.29, 0.717) is 12.5 Å². The number of hydrogen-bond donors (Lipinski definition) is 2. The number of carbonyl (C=O) groups is 1. The summed E-state index contributed by atoms with van der Waals surface area (Å²) in [5.74, 6) is 0.699. The summed E-state index contributed by atoms with van der Waals surface area (Å²) < 4.78 is 1.46. The molecule has 0 aliphatic rings. The number of nitrogens with zero attached hydrogens (tertiary/aromatic N) is 3. The van der Waals surface area contributed by atoms with Crippen LogP contribution >= 0.6 is 0 Å². The largest absolute Gasteiger partial charge is 0.367 e. The van der Waals surface area contributed by atoms with Gasteiger partial charge in [-0.1, -0.05) is 13.8 Å². The molecule has 1 unspecified atom stereocenters. The molecule has 0 aliphatic heterocycles. The number of nitrogen functional groups attached to an aromatic ring is 1. The van der Waals surface area contributed by atoms with Gasteiger partial charge in [-0.25, -0.2) is 9.67 Å². The molecule has 1 aromatic heterocycles. The van der Waals surface area contributed by atoms with Crippen LogP contribution in [0.5, 0.6) is 0 Å². The fraction of sp³-hybridized carbons (Fsp3) is 0.700. The van der Waals surface area contributed by atoms with Crippen molar-refractivity contribution in [2.45, 2.75) is 33.2 Å². The van der Waals surface area contributed by atoms with E-state index in [-0.39, 0.29) is 17.9 Å². The molecule has 1 rings (SSSR count). The van der Waals surface area contributed by atoms with Crippen molar-refractivity contribution in [3.05, 3.63) is 6.33 Å². The molecule has 0 saturated heterocycles. The molecule has 0 bridgehead atoms. The molecule has 90 valence electrons. The predicted molar refractivity (Wildman–Crippen MR) is 61.6 cm³/mol. The fourth-order valence-corrected chi connectivity index (χ4v) is 1.23. The van der Waals surface area contributed by atoms with Gasteiger partial charge in [0.2, 0.25) is 11.9 Å². The van der Waals surface area contributed by atoms with Gasteiger partial charge in [-0.3, -0.25) is 4.79 Å². The molecule has 3 N–H and O–H groups in total. The van der Waals surface area contributed by atoms with E-state index in [9.17, 15) is 4.79 Å². The lowest BCUT2D eigenvalue weighted by molar-refractivity contribution is -0.124. The number of nitrogens with two attached hydrogens (primary N) is 1. The van der Waals surface area contributed by atoms with Crippen molar-refractivity contribution in [3.63, 3.8) is 0 Å². The third-order valence-electron chi connectivity index (χ3n) is 2.32. The van der Waals surface area contributed by atoms with E-state index in [4.69, 9.17) is 5.73 Å². The zero-order valence-electron chi connectivity index (χ0n) is 9.97. The second-order valence-electron chi connectivity index (χ2n) is 4.23. The Balaban J connectivity index is 2.42. The van der Waals surface area contributed by atoms with Crippen molar-refractivity contribution in [2.24, 2.45) is 5.92 Å². The van der Waals surface area contributed by atoms with Crippen LogP contribution in [0, 0.1) is 5.92 Å². The lowest BCUT2D eigenvalue weighted by Gasteiger charge is -2.12. The van der Waals surface area contributed by atoms with Gasteiger partial charge in [0, 0.05) is 6.54 Å². The standard InChI is InChI=1S/C10H19N5O/c1-7(2)4-5-12-9(16)8(3)15-6-13-10(11)14-15/h6-8H,4-5H2,1-3H3,(H2,11,14)(H,12,16). The molecule has 6 heteroatoms. The minimum absolute atomic E-state index is 0.0643. The van der Waals surface area contributed by atoms with Gasteiger partial charge in [-0.15, -0.1) is 5.10 Å². The van der Waals surface area contributed by atoms with Crippen molar-refractivity contribution < 1.29 is 4.79 Å². The van der Waals surface area contributed by atoms with Crippen molar-refractivity contribution in [1.29, 1.82) is 0 Å². The molecular weight excluding hydrogens is 206 g/mol. The van der Waals surface area contributed by atoms with Crippen LogP contribution in [0.2, 0.25) is 0 Å². The maximum atomic E-state index is 11.7. The number of rotatable bonds is 5. The number of hydrogen-bond acceptors (Lipinski definition) is 4. The van der Waals surface area contributed by atoms with Crippen LogP contribution in [0.1, 0.15) is 33.2 Å². The topological polar surface area (TPSA) is 85.8 Å². The summed E-state index contributed by atoms with van der Waals surface area (Å²) in [7, 11) is 0. The molecule has 1 amide bonds. The number of aromatic nitrogens is 3. The van der Waals surface area contributed by atoms with Gasteiger partial charge >= 0.3 is 0 Å². The highest BCUT2D eigenvalue weighted by Gasteiger charge is 2.15. The number of anilines is 1. The quantitative estimate of drug-likeness (QED) is 0.767. The Morgan fingerprint density at radius 2 is 2.25 bits per heavy atom. The molecule has 0 spiro atoms. The summed E-state index contributed by atoms with van der Waals surface area (Å²) in [6, 6.07) is -0.378. The third kappa shape index (κ3) is 3.52. The van der Waals surface area contributed by atoms with Crippen molar-refractivity contribution in [3.8, 4) is 0 Å². The van der Waals surface area contributed by atoms with E-state index in [0.717, 1.165) is 6.42 Å². The first-order chi connectivity index (χ1) is 7.50. The van der Waals surface area contributed by atoms with Crippen LogP contribution in [0.15, 0.2) is 6.33 Å². The van der Waals surface area contributed by atoms with E-state index < -0.39 is 0 Å². The van der Waals surface area contributed by atoms with E-state index in [1.165, 1.54) is 11.0 Å². The number of nitrogens with one attached hydrogen (secondary N) is 1. The Kier molecular flexibility index (Phi) is 4.28. The highest BCUT2D eigenvalue weighted by atomic mass is 16.2. The smallest absolute Gasteiger partial charge is 0.244 e. The first kappa shape index (κ1) is 12.5. The Morgan fingerprint density at radius 1 is 1.56 bits per heavy atom. The third-order valence-corrected chi connectivity index (χ3v) is 2.32. The molecule has 1 atom stereocenters. The van der Waals surface area contributed by atoms with Crippen LogP contribution < -0.4 is 11.1 Å². The minimum Gasteiger partial charge on any atom is -0.367 e. The van der Waals surface area contributed by atoms with E-state index in [2.05, 4.69) is 29.2 Å². The lowest BCUT2D eigenvalue weighted by Crippen LogP contribution is -2.32. The van der Waals surface area contributed by atoms with Gasteiger partial charge in [0.25, 0.3) is 0 Å². The second-order valence-corrected chi connectivity index (χ2v) is 4.23. The Morgan fingerprint density at radius 3 is 2.75 bits per heavy atom. The van der Waals surface area contributed by atoms with Crippen molar-refractivity contribution in [1.82, 2.24) is 20.1 Å².